The van der Waals surface area contributed by atoms with Crippen LogP contribution in [0.2, 0.25) is 0 Å². The van der Waals surface area contributed by atoms with Crippen molar-refractivity contribution >= 4 is 54.9 Å². The molecule has 0 amide bonds. The number of aromatic nitrogens is 2. The number of benzene rings is 3. The standard InChI is InChI=1S/C32H33Br2N3O6/c1-17(2)22-14-23(19(5)12-25(22)40-6)31-36-24-11-9-8-10-21(24)32(39)37(31)35-15-20-13-26(41-7)30(29(34)28(20)33)42-16-27(38)43-18(3)4/h8-15,17-18H,16H2,1-7H3. The molecule has 1 aromatic heterocycles. The van der Waals surface area contributed by atoms with Crippen molar-refractivity contribution in [3.63, 3.8) is 0 Å². The van der Waals surface area contributed by atoms with Crippen molar-refractivity contribution in [2.75, 3.05) is 20.8 Å². The van der Waals surface area contributed by atoms with Gasteiger partial charge in [-0.3, -0.25) is 4.79 Å². The monoisotopic (exact) mass is 713 g/mol. The maximum absolute atomic E-state index is 13.8. The Bertz CT molecular complexity index is 1770. The molecule has 4 rings (SSSR count). The average Bonchev–Trinajstić information content (AvgIpc) is 2.97. The Hall–Kier alpha value is -3.70. The number of ether oxygens (including phenoxy) is 4. The molecule has 11 heteroatoms. The van der Waals surface area contributed by atoms with Crippen LogP contribution in [0.1, 0.15) is 50.3 Å². The van der Waals surface area contributed by atoms with Gasteiger partial charge in [-0.25, -0.2) is 9.78 Å². The van der Waals surface area contributed by atoms with Crippen molar-refractivity contribution in [1.82, 2.24) is 9.66 Å². The van der Waals surface area contributed by atoms with Crippen LogP contribution in [-0.4, -0.2) is 48.8 Å². The Morgan fingerprint density at radius 1 is 1.02 bits per heavy atom. The number of para-hydroxylation sites is 1. The van der Waals surface area contributed by atoms with Crippen molar-refractivity contribution in [1.29, 1.82) is 0 Å². The first kappa shape index (κ1) is 32.2. The van der Waals surface area contributed by atoms with Gasteiger partial charge >= 0.3 is 5.97 Å². The van der Waals surface area contributed by atoms with Crippen molar-refractivity contribution in [3.8, 4) is 28.6 Å². The Balaban J connectivity index is 1.86. The molecule has 0 aliphatic carbocycles. The summed E-state index contributed by atoms with van der Waals surface area (Å²) in [5, 5.41) is 5.08. The van der Waals surface area contributed by atoms with E-state index in [9.17, 15) is 9.59 Å². The number of carbonyl (C=O) groups excluding carboxylic acids is 1. The fraction of sp³-hybridized carbons (Fsp3) is 0.312. The number of esters is 1. The molecule has 0 atom stereocenters. The third-order valence-electron chi connectivity index (χ3n) is 6.58. The normalized spacial score (nSPS) is 11.5. The van der Waals surface area contributed by atoms with Gasteiger partial charge in [-0.05, 0) is 100 Å². The number of carbonyl (C=O) groups is 1. The molecule has 0 aliphatic rings. The zero-order chi connectivity index (χ0) is 31.4. The predicted molar refractivity (Wildman–Crippen MR) is 175 cm³/mol. The topological polar surface area (TPSA) is 101 Å². The molecule has 0 radical (unpaired) electrons. The molecule has 0 spiro atoms. The van der Waals surface area contributed by atoms with Gasteiger partial charge in [-0.15, -0.1) is 0 Å². The zero-order valence-electron chi connectivity index (χ0n) is 25.0. The first-order valence-electron chi connectivity index (χ1n) is 13.6. The van der Waals surface area contributed by atoms with Gasteiger partial charge in [-0.2, -0.15) is 9.78 Å². The largest absolute Gasteiger partial charge is 0.496 e. The lowest BCUT2D eigenvalue weighted by Gasteiger charge is -2.17. The zero-order valence-corrected chi connectivity index (χ0v) is 28.2. The van der Waals surface area contributed by atoms with Crippen LogP contribution in [0, 0.1) is 6.92 Å². The highest BCUT2D eigenvalue weighted by Gasteiger charge is 2.21. The molecule has 0 saturated carbocycles. The molecule has 0 saturated heterocycles. The number of halogens is 2. The second kappa shape index (κ2) is 13.7. The SMILES string of the molecule is COc1cc(C)c(-c2nc3ccccc3c(=O)n2N=Cc2cc(OC)c(OCC(=O)OC(C)C)c(Br)c2Br)cc1C(C)C. The molecule has 43 heavy (non-hydrogen) atoms. The number of hydrogen-bond acceptors (Lipinski definition) is 8. The molecule has 4 aromatic rings. The Kier molecular flexibility index (Phi) is 10.3. The minimum Gasteiger partial charge on any atom is -0.496 e. The fourth-order valence-electron chi connectivity index (χ4n) is 4.50. The van der Waals surface area contributed by atoms with Gasteiger partial charge in [0.2, 0.25) is 0 Å². The Labute approximate surface area is 267 Å². The van der Waals surface area contributed by atoms with Crippen LogP contribution in [0.4, 0.5) is 0 Å². The molecule has 0 aliphatic heterocycles. The molecular weight excluding hydrogens is 682 g/mol. The minimum absolute atomic E-state index is 0.173. The summed E-state index contributed by atoms with van der Waals surface area (Å²) in [5.74, 6) is 1.50. The van der Waals surface area contributed by atoms with Gasteiger partial charge in [-0.1, -0.05) is 26.0 Å². The van der Waals surface area contributed by atoms with E-state index in [1.54, 1.807) is 39.2 Å². The van der Waals surface area contributed by atoms with Gasteiger partial charge in [0.1, 0.15) is 5.75 Å². The van der Waals surface area contributed by atoms with Gasteiger partial charge in [0.25, 0.3) is 5.56 Å². The van der Waals surface area contributed by atoms with E-state index in [1.807, 2.05) is 31.2 Å². The summed E-state index contributed by atoms with van der Waals surface area (Å²) in [6, 6.07) is 12.8. The molecule has 0 N–H and O–H groups in total. The number of fused-ring (bicyclic) bond motifs is 1. The molecule has 0 unspecified atom stereocenters. The Morgan fingerprint density at radius 2 is 1.72 bits per heavy atom. The second-order valence-electron chi connectivity index (χ2n) is 10.3. The smallest absolute Gasteiger partial charge is 0.344 e. The summed E-state index contributed by atoms with van der Waals surface area (Å²) in [7, 11) is 3.14. The first-order valence-corrected chi connectivity index (χ1v) is 15.2. The van der Waals surface area contributed by atoms with E-state index in [4.69, 9.17) is 23.9 Å². The lowest BCUT2D eigenvalue weighted by Crippen LogP contribution is -2.21. The van der Waals surface area contributed by atoms with Gasteiger partial charge in [0, 0.05) is 15.6 Å². The second-order valence-corrected chi connectivity index (χ2v) is 11.9. The predicted octanol–water partition coefficient (Wildman–Crippen LogP) is 7.25. The first-order chi connectivity index (χ1) is 20.5. The van der Waals surface area contributed by atoms with Crippen LogP contribution in [0.5, 0.6) is 17.2 Å². The van der Waals surface area contributed by atoms with Gasteiger partial charge < -0.3 is 18.9 Å². The Morgan fingerprint density at radius 3 is 2.37 bits per heavy atom. The lowest BCUT2D eigenvalue weighted by molar-refractivity contribution is -0.149. The molecule has 3 aromatic carbocycles. The summed E-state index contributed by atoms with van der Waals surface area (Å²) in [4.78, 5) is 30.8. The summed E-state index contributed by atoms with van der Waals surface area (Å²) in [6.07, 6.45) is 1.28. The van der Waals surface area contributed by atoms with E-state index < -0.39 is 5.97 Å². The van der Waals surface area contributed by atoms with E-state index in [1.165, 1.54) is 18.0 Å². The highest BCUT2D eigenvalue weighted by molar-refractivity contribution is 9.13. The summed E-state index contributed by atoms with van der Waals surface area (Å²) >= 11 is 7.12. The maximum atomic E-state index is 13.8. The molecule has 0 fully saturated rings. The summed E-state index contributed by atoms with van der Waals surface area (Å²) in [6.45, 7) is 9.35. The average molecular weight is 715 g/mol. The van der Waals surface area contributed by atoms with E-state index in [-0.39, 0.29) is 24.2 Å². The number of rotatable bonds is 10. The van der Waals surface area contributed by atoms with Crippen LogP contribution < -0.4 is 19.8 Å². The highest BCUT2D eigenvalue weighted by atomic mass is 79.9. The van der Waals surface area contributed by atoms with Gasteiger partial charge in [0.15, 0.2) is 23.9 Å². The molecule has 1 heterocycles. The quantitative estimate of drug-likeness (QED) is 0.126. The van der Waals surface area contributed by atoms with Crippen molar-refractivity contribution in [2.45, 2.75) is 46.6 Å². The summed E-state index contributed by atoms with van der Waals surface area (Å²) in [5.41, 5.74) is 3.48. The molecule has 226 valence electrons. The van der Waals surface area contributed by atoms with E-state index in [0.29, 0.717) is 42.7 Å². The van der Waals surface area contributed by atoms with E-state index >= 15 is 0 Å². The number of hydrogen-bond donors (Lipinski definition) is 0. The van der Waals surface area contributed by atoms with Crippen molar-refractivity contribution < 1.29 is 23.7 Å². The fourth-order valence-corrected chi connectivity index (χ4v) is 5.44. The number of aryl methyl sites for hydroxylation is 1. The highest BCUT2D eigenvalue weighted by Crippen LogP contribution is 2.42. The van der Waals surface area contributed by atoms with Crippen molar-refractivity contribution in [2.24, 2.45) is 5.10 Å². The van der Waals surface area contributed by atoms with Crippen LogP contribution in [0.3, 0.4) is 0 Å². The molecule has 0 bridgehead atoms. The third kappa shape index (κ3) is 6.94. The third-order valence-corrected chi connectivity index (χ3v) is 8.73. The van der Waals surface area contributed by atoms with E-state index in [2.05, 4.69) is 50.8 Å². The number of nitrogens with zero attached hydrogens (tertiary/aromatic N) is 3. The van der Waals surface area contributed by atoms with Gasteiger partial charge in [0.05, 0.1) is 41.9 Å². The lowest BCUT2D eigenvalue weighted by atomic mass is 9.96. The molecular formula is C32H33Br2N3O6. The van der Waals surface area contributed by atoms with Crippen LogP contribution in [-0.2, 0) is 9.53 Å². The minimum atomic E-state index is -0.504. The summed E-state index contributed by atoms with van der Waals surface area (Å²) < 4.78 is 24.5. The van der Waals surface area contributed by atoms with E-state index in [0.717, 1.165) is 22.4 Å². The van der Waals surface area contributed by atoms with Crippen LogP contribution in [0.15, 0.2) is 61.3 Å². The molecule has 9 nitrogen and oxygen atoms in total. The maximum Gasteiger partial charge on any atom is 0.344 e. The van der Waals surface area contributed by atoms with Crippen LogP contribution in [0.25, 0.3) is 22.3 Å². The van der Waals surface area contributed by atoms with Crippen molar-refractivity contribution in [3.05, 3.63) is 78.5 Å². The number of methoxy groups -OCH3 is 2. The van der Waals surface area contributed by atoms with Crippen LogP contribution >= 0.6 is 31.9 Å².